The zero-order chi connectivity index (χ0) is 16.1. The SMILES string of the molecule is O=C(NCCn1ccc2ccccc21)C12CC3CC(CC(C3)C1)C2. The Morgan fingerprint density at radius 2 is 1.71 bits per heavy atom. The van der Waals surface area contributed by atoms with Crippen molar-refractivity contribution in [3.05, 3.63) is 36.5 Å². The number of nitrogens with zero attached hydrogens (tertiary/aromatic N) is 1. The first-order valence-corrected chi connectivity index (χ1v) is 9.54. The molecule has 4 aliphatic rings. The predicted molar refractivity (Wildman–Crippen MR) is 95.6 cm³/mol. The normalized spacial score (nSPS) is 33.9. The second-order valence-corrected chi connectivity index (χ2v) is 8.52. The van der Waals surface area contributed by atoms with E-state index in [4.69, 9.17) is 0 Å². The molecule has 0 radical (unpaired) electrons. The molecule has 1 heterocycles. The Morgan fingerprint density at radius 1 is 1.04 bits per heavy atom. The van der Waals surface area contributed by atoms with Crippen LogP contribution in [0.2, 0.25) is 0 Å². The Balaban J connectivity index is 1.25. The van der Waals surface area contributed by atoms with Gasteiger partial charge in [-0.15, -0.1) is 0 Å². The van der Waals surface area contributed by atoms with Gasteiger partial charge in [0.15, 0.2) is 0 Å². The van der Waals surface area contributed by atoms with Crippen LogP contribution < -0.4 is 5.32 Å². The van der Waals surface area contributed by atoms with E-state index in [-0.39, 0.29) is 5.41 Å². The Labute approximate surface area is 143 Å². The lowest BCUT2D eigenvalue weighted by molar-refractivity contribution is -0.146. The fraction of sp³-hybridized carbons (Fsp3) is 0.571. The van der Waals surface area contributed by atoms with Crippen molar-refractivity contribution < 1.29 is 4.79 Å². The fourth-order valence-corrected chi connectivity index (χ4v) is 6.20. The third-order valence-corrected chi connectivity index (χ3v) is 6.84. The Bertz CT molecular complexity index is 740. The predicted octanol–water partition coefficient (Wildman–Crippen LogP) is 3.97. The summed E-state index contributed by atoms with van der Waals surface area (Å²) in [7, 11) is 0. The summed E-state index contributed by atoms with van der Waals surface area (Å²) in [6, 6.07) is 10.6. The van der Waals surface area contributed by atoms with Crippen LogP contribution >= 0.6 is 0 Å². The number of aromatic nitrogens is 1. The highest BCUT2D eigenvalue weighted by Gasteiger charge is 2.54. The van der Waals surface area contributed by atoms with E-state index in [2.05, 4.69) is 46.4 Å². The van der Waals surface area contributed by atoms with Crippen molar-refractivity contribution in [1.29, 1.82) is 0 Å². The summed E-state index contributed by atoms with van der Waals surface area (Å²) in [6.07, 6.45) is 9.75. The van der Waals surface area contributed by atoms with E-state index in [1.807, 2.05) is 0 Å². The van der Waals surface area contributed by atoms with Gasteiger partial charge in [-0.1, -0.05) is 18.2 Å². The summed E-state index contributed by atoms with van der Waals surface area (Å²) in [6.45, 7) is 1.59. The largest absolute Gasteiger partial charge is 0.354 e. The maximum absolute atomic E-state index is 13.0. The summed E-state index contributed by atoms with van der Waals surface area (Å²) in [5, 5.41) is 4.55. The van der Waals surface area contributed by atoms with E-state index in [1.54, 1.807) is 0 Å². The summed E-state index contributed by atoms with van der Waals surface area (Å²) in [5.74, 6) is 2.83. The number of rotatable bonds is 4. The maximum Gasteiger partial charge on any atom is 0.226 e. The highest BCUT2D eigenvalue weighted by Crippen LogP contribution is 2.60. The molecule has 126 valence electrons. The fourth-order valence-electron chi connectivity index (χ4n) is 6.20. The second-order valence-electron chi connectivity index (χ2n) is 8.52. The molecule has 1 N–H and O–H groups in total. The zero-order valence-corrected chi connectivity index (χ0v) is 14.2. The van der Waals surface area contributed by atoms with Crippen molar-refractivity contribution >= 4 is 16.8 Å². The standard InChI is InChI=1S/C21H26N2O/c24-20(21-12-15-9-16(13-21)11-17(10-15)14-21)22-6-8-23-7-5-18-3-1-2-4-19(18)23/h1-5,7,15-17H,6,8-14H2,(H,22,24). The lowest BCUT2D eigenvalue weighted by Crippen LogP contribution is -2.53. The van der Waals surface area contributed by atoms with Crippen molar-refractivity contribution in [3.63, 3.8) is 0 Å². The number of para-hydroxylation sites is 1. The van der Waals surface area contributed by atoms with E-state index in [9.17, 15) is 4.79 Å². The topological polar surface area (TPSA) is 34.0 Å². The van der Waals surface area contributed by atoms with Gasteiger partial charge in [0.25, 0.3) is 0 Å². The minimum atomic E-state index is -0.0203. The van der Waals surface area contributed by atoms with E-state index in [0.717, 1.165) is 50.1 Å². The van der Waals surface area contributed by atoms with Crippen molar-refractivity contribution in [2.45, 2.75) is 45.1 Å². The van der Waals surface area contributed by atoms with Crippen LogP contribution in [0, 0.1) is 23.2 Å². The quantitative estimate of drug-likeness (QED) is 0.908. The molecular weight excluding hydrogens is 296 g/mol. The Morgan fingerprint density at radius 3 is 2.42 bits per heavy atom. The van der Waals surface area contributed by atoms with Gasteiger partial charge in [0, 0.05) is 30.2 Å². The smallest absolute Gasteiger partial charge is 0.226 e. The molecule has 1 amide bonds. The number of carbonyl (C=O) groups is 1. The van der Waals surface area contributed by atoms with Crippen LogP contribution in [-0.4, -0.2) is 17.0 Å². The number of benzene rings is 1. The second kappa shape index (κ2) is 5.37. The van der Waals surface area contributed by atoms with Gasteiger partial charge in [-0.25, -0.2) is 0 Å². The molecule has 3 heteroatoms. The molecule has 0 aliphatic heterocycles. The van der Waals surface area contributed by atoms with Crippen molar-refractivity contribution in [2.24, 2.45) is 23.2 Å². The van der Waals surface area contributed by atoms with Gasteiger partial charge in [0.2, 0.25) is 5.91 Å². The Kier molecular flexibility index (Phi) is 3.26. The summed E-state index contributed by atoms with van der Waals surface area (Å²) in [4.78, 5) is 13.0. The first-order valence-electron chi connectivity index (χ1n) is 9.54. The van der Waals surface area contributed by atoms with Gasteiger partial charge in [-0.05, 0) is 73.8 Å². The van der Waals surface area contributed by atoms with Gasteiger partial charge in [-0.3, -0.25) is 4.79 Å². The molecule has 4 aliphatic carbocycles. The molecule has 4 bridgehead atoms. The number of hydrogen-bond acceptors (Lipinski definition) is 1. The van der Waals surface area contributed by atoms with Crippen molar-refractivity contribution in [1.82, 2.24) is 9.88 Å². The molecule has 1 aromatic heterocycles. The molecule has 2 aromatic rings. The van der Waals surface area contributed by atoms with Crippen LogP contribution in [0.15, 0.2) is 36.5 Å². The zero-order valence-electron chi connectivity index (χ0n) is 14.2. The number of carbonyl (C=O) groups excluding carboxylic acids is 1. The number of hydrogen-bond donors (Lipinski definition) is 1. The van der Waals surface area contributed by atoms with Crippen LogP contribution in [0.25, 0.3) is 10.9 Å². The summed E-state index contributed by atoms with van der Waals surface area (Å²) in [5.41, 5.74) is 1.23. The first kappa shape index (κ1) is 14.6. The molecule has 24 heavy (non-hydrogen) atoms. The van der Waals surface area contributed by atoms with E-state index in [0.29, 0.717) is 5.91 Å². The summed E-state index contributed by atoms with van der Waals surface area (Å²) < 4.78 is 2.25. The minimum Gasteiger partial charge on any atom is -0.354 e. The highest BCUT2D eigenvalue weighted by atomic mass is 16.2. The molecule has 0 unspecified atom stereocenters. The van der Waals surface area contributed by atoms with Gasteiger partial charge in [0.1, 0.15) is 0 Å². The average molecular weight is 322 g/mol. The molecule has 0 atom stereocenters. The number of fused-ring (bicyclic) bond motifs is 1. The number of nitrogens with one attached hydrogen (secondary N) is 1. The van der Waals surface area contributed by atoms with E-state index >= 15 is 0 Å². The van der Waals surface area contributed by atoms with Gasteiger partial charge in [0.05, 0.1) is 0 Å². The maximum atomic E-state index is 13.0. The van der Waals surface area contributed by atoms with Crippen LogP contribution in [0.5, 0.6) is 0 Å². The van der Waals surface area contributed by atoms with E-state index in [1.165, 1.54) is 30.2 Å². The monoisotopic (exact) mass is 322 g/mol. The third kappa shape index (κ3) is 2.28. The molecular formula is C21H26N2O. The molecule has 4 saturated carbocycles. The molecule has 3 nitrogen and oxygen atoms in total. The van der Waals surface area contributed by atoms with Crippen LogP contribution in [-0.2, 0) is 11.3 Å². The highest BCUT2D eigenvalue weighted by molar-refractivity contribution is 5.83. The lowest BCUT2D eigenvalue weighted by atomic mass is 9.49. The van der Waals surface area contributed by atoms with Crippen LogP contribution in [0.1, 0.15) is 38.5 Å². The average Bonchev–Trinajstić information content (AvgIpc) is 2.97. The first-order chi connectivity index (χ1) is 11.7. The molecule has 1 aromatic carbocycles. The molecule has 0 saturated heterocycles. The number of amides is 1. The van der Waals surface area contributed by atoms with Gasteiger partial charge < -0.3 is 9.88 Å². The third-order valence-electron chi connectivity index (χ3n) is 6.84. The van der Waals surface area contributed by atoms with Crippen LogP contribution in [0.3, 0.4) is 0 Å². The molecule has 6 rings (SSSR count). The van der Waals surface area contributed by atoms with Crippen LogP contribution in [0.4, 0.5) is 0 Å². The molecule has 0 spiro atoms. The minimum absolute atomic E-state index is 0.0203. The van der Waals surface area contributed by atoms with Gasteiger partial charge >= 0.3 is 0 Å². The van der Waals surface area contributed by atoms with Crippen molar-refractivity contribution in [2.75, 3.05) is 6.54 Å². The Hall–Kier alpha value is -1.77. The summed E-state index contributed by atoms with van der Waals surface area (Å²) >= 11 is 0. The van der Waals surface area contributed by atoms with Crippen molar-refractivity contribution in [3.8, 4) is 0 Å². The lowest BCUT2D eigenvalue weighted by Gasteiger charge is -2.55. The molecule has 4 fully saturated rings. The van der Waals surface area contributed by atoms with Gasteiger partial charge in [-0.2, -0.15) is 0 Å². The van der Waals surface area contributed by atoms with E-state index < -0.39 is 0 Å².